The van der Waals surface area contributed by atoms with Gasteiger partial charge in [-0.2, -0.15) is 5.26 Å². The van der Waals surface area contributed by atoms with Crippen LogP contribution in [0.5, 0.6) is 0 Å². The van der Waals surface area contributed by atoms with Crippen molar-refractivity contribution in [2.45, 2.75) is 0 Å². The molecule has 0 aliphatic carbocycles. The van der Waals surface area contributed by atoms with Crippen LogP contribution in [0, 0.1) is 11.3 Å². The first kappa shape index (κ1) is 11.7. The highest BCUT2D eigenvalue weighted by molar-refractivity contribution is 5.70. The van der Waals surface area contributed by atoms with Gasteiger partial charge in [-0.1, -0.05) is 12.1 Å². The lowest BCUT2D eigenvalue weighted by molar-refractivity contribution is 1.31. The molecular weight excluding hydrogens is 224 g/mol. The first-order valence-electron chi connectivity index (χ1n) is 5.43. The fourth-order valence-electron chi connectivity index (χ4n) is 1.51. The Morgan fingerprint density at radius 1 is 1.28 bits per heavy atom. The first-order chi connectivity index (χ1) is 8.79. The van der Waals surface area contributed by atoms with Crippen molar-refractivity contribution < 1.29 is 0 Å². The molecule has 0 spiro atoms. The number of hydrogen-bond acceptors (Lipinski definition) is 4. The maximum atomic E-state index is 8.49. The summed E-state index contributed by atoms with van der Waals surface area (Å²) >= 11 is 0. The van der Waals surface area contributed by atoms with Crippen molar-refractivity contribution in [1.29, 1.82) is 5.26 Å². The highest BCUT2D eigenvalue weighted by atomic mass is 15.0. The smallest absolute Gasteiger partial charge is 0.153 e. The third-order valence-corrected chi connectivity index (χ3v) is 2.34. The van der Waals surface area contributed by atoms with Crippen molar-refractivity contribution in [3.05, 3.63) is 54.2 Å². The molecule has 1 aromatic heterocycles. The van der Waals surface area contributed by atoms with E-state index in [9.17, 15) is 0 Å². The average Bonchev–Trinajstić information content (AvgIpc) is 2.40. The molecule has 0 atom stereocenters. The number of nitrogens with one attached hydrogen (secondary N) is 1. The minimum absolute atomic E-state index is 0.593. The van der Waals surface area contributed by atoms with E-state index in [1.165, 1.54) is 6.08 Å². The van der Waals surface area contributed by atoms with Gasteiger partial charge in [-0.25, -0.2) is 4.98 Å². The second-order valence-electron chi connectivity index (χ2n) is 3.65. The highest BCUT2D eigenvalue weighted by Gasteiger charge is 1.99. The molecule has 0 aliphatic rings. The van der Waals surface area contributed by atoms with E-state index in [0.29, 0.717) is 11.5 Å². The van der Waals surface area contributed by atoms with Crippen molar-refractivity contribution in [1.82, 2.24) is 4.98 Å². The molecule has 0 amide bonds. The topological polar surface area (TPSA) is 74.7 Å². The molecule has 0 saturated heterocycles. The van der Waals surface area contributed by atoms with Crippen molar-refractivity contribution in [3.8, 4) is 6.07 Å². The Hall–Kier alpha value is -2.80. The number of nitrogens with two attached hydrogens (primary N) is 1. The van der Waals surface area contributed by atoms with Crippen molar-refractivity contribution in [3.63, 3.8) is 0 Å². The zero-order valence-electron chi connectivity index (χ0n) is 9.67. The Morgan fingerprint density at radius 3 is 2.94 bits per heavy atom. The number of nitrogen functional groups attached to an aromatic ring is 1. The molecule has 18 heavy (non-hydrogen) atoms. The van der Waals surface area contributed by atoms with Crippen molar-refractivity contribution in [2.75, 3.05) is 11.1 Å². The van der Waals surface area contributed by atoms with Gasteiger partial charge >= 0.3 is 0 Å². The van der Waals surface area contributed by atoms with E-state index in [0.717, 1.165) is 11.3 Å². The quantitative estimate of drug-likeness (QED) is 0.803. The average molecular weight is 236 g/mol. The van der Waals surface area contributed by atoms with E-state index in [4.69, 9.17) is 11.0 Å². The van der Waals surface area contributed by atoms with Crippen molar-refractivity contribution in [2.24, 2.45) is 0 Å². The first-order valence-corrected chi connectivity index (χ1v) is 5.43. The van der Waals surface area contributed by atoms with Gasteiger partial charge in [0.2, 0.25) is 0 Å². The van der Waals surface area contributed by atoms with Crippen LogP contribution in [0.15, 0.2) is 48.7 Å². The summed E-state index contributed by atoms with van der Waals surface area (Å²) in [5, 5.41) is 11.6. The molecule has 1 aromatic carbocycles. The molecule has 0 aliphatic heterocycles. The van der Waals surface area contributed by atoms with Crippen LogP contribution >= 0.6 is 0 Å². The largest absolute Gasteiger partial charge is 0.396 e. The van der Waals surface area contributed by atoms with Gasteiger partial charge in [-0.15, -0.1) is 0 Å². The fraction of sp³-hybridized carbons (Fsp3) is 0. The number of hydrogen-bond donors (Lipinski definition) is 2. The standard InChI is InChI=1S/C14H12N4/c15-8-2-5-11-4-1-6-12(10-11)18-14-13(16)7-3-9-17-14/h1-7,9-10H,16H2,(H,17,18). The summed E-state index contributed by atoms with van der Waals surface area (Å²) in [4.78, 5) is 4.16. The normalized spacial score (nSPS) is 10.2. The molecule has 3 N–H and O–H groups in total. The minimum Gasteiger partial charge on any atom is -0.396 e. The maximum Gasteiger partial charge on any atom is 0.153 e. The molecule has 4 heteroatoms. The van der Waals surface area contributed by atoms with Crippen LogP contribution in [0.4, 0.5) is 17.2 Å². The van der Waals surface area contributed by atoms with Gasteiger partial charge in [-0.3, -0.25) is 0 Å². The number of pyridine rings is 1. The molecule has 2 aromatic rings. The lowest BCUT2D eigenvalue weighted by Crippen LogP contribution is -1.98. The Morgan fingerprint density at radius 2 is 2.17 bits per heavy atom. The summed E-state index contributed by atoms with van der Waals surface area (Å²) < 4.78 is 0. The maximum absolute atomic E-state index is 8.49. The van der Waals surface area contributed by atoms with E-state index < -0.39 is 0 Å². The molecule has 0 saturated carbocycles. The SMILES string of the molecule is N#CC=Cc1cccc(Nc2ncccc2N)c1. The van der Waals surface area contributed by atoms with Gasteiger partial charge in [-0.05, 0) is 35.9 Å². The number of aromatic nitrogens is 1. The number of nitrogens with zero attached hydrogens (tertiary/aromatic N) is 2. The van der Waals surface area contributed by atoms with E-state index in [2.05, 4.69) is 10.3 Å². The fourth-order valence-corrected chi connectivity index (χ4v) is 1.51. The number of allylic oxidation sites excluding steroid dienone is 1. The molecule has 0 radical (unpaired) electrons. The zero-order chi connectivity index (χ0) is 12.8. The number of anilines is 3. The summed E-state index contributed by atoms with van der Waals surface area (Å²) in [6.45, 7) is 0. The van der Waals surface area contributed by atoms with Crippen LogP contribution in [0.1, 0.15) is 5.56 Å². The third kappa shape index (κ3) is 2.86. The molecular formula is C14H12N4. The molecule has 0 fully saturated rings. The molecule has 88 valence electrons. The summed E-state index contributed by atoms with van der Waals surface area (Å²) in [7, 11) is 0. The summed E-state index contributed by atoms with van der Waals surface area (Å²) in [5.74, 6) is 0.624. The van der Waals surface area contributed by atoms with Gasteiger partial charge in [0.05, 0.1) is 11.8 Å². The predicted molar refractivity (Wildman–Crippen MR) is 73.0 cm³/mol. The van der Waals surface area contributed by atoms with Crippen molar-refractivity contribution >= 4 is 23.3 Å². The van der Waals surface area contributed by atoms with Gasteiger partial charge in [0.25, 0.3) is 0 Å². The number of benzene rings is 1. The van der Waals surface area contributed by atoms with Gasteiger partial charge in [0.1, 0.15) is 0 Å². The predicted octanol–water partition coefficient (Wildman–Crippen LogP) is 2.94. The molecule has 1 heterocycles. The van der Waals surface area contributed by atoms with Crippen LogP contribution in [0.3, 0.4) is 0 Å². The Labute approximate surface area is 105 Å². The monoisotopic (exact) mass is 236 g/mol. The summed E-state index contributed by atoms with van der Waals surface area (Å²) in [6.07, 6.45) is 4.86. The summed E-state index contributed by atoms with van der Waals surface area (Å²) in [6, 6.07) is 13.2. The van der Waals surface area contributed by atoms with Gasteiger partial charge in [0, 0.05) is 18.0 Å². The molecule has 0 bridgehead atoms. The third-order valence-electron chi connectivity index (χ3n) is 2.34. The molecule has 0 unspecified atom stereocenters. The minimum atomic E-state index is 0.593. The highest BCUT2D eigenvalue weighted by Crippen LogP contribution is 2.20. The van der Waals surface area contributed by atoms with Crippen LogP contribution in [0.25, 0.3) is 6.08 Å². The molecule has 4 nitrogen and oxygen atoms in total. The number of rotatable bonds is 3. The molecule has 2 rings (SSSR count). The Kier molecular flexibility index (Phi) is 3.57. The lowest BCUT2D eigenvalue weighted by Gasteiger charge is -2.08. The number of nitriles is 1. The van der Waals surface area contributed by atoms with Crippen LogP contribution < -0.4 is 11.1 Å². The second kappa shape index (κ2) is 5.51. The van der Waals surface area contributed by atoms with Crippen LogP contribution in [-0.4, -0.2) is 4.98 Å². The lowest BCUT2D eigenvalue weighted by atomic mass is 10.2. The van der Waals surface area contributed by atoms with Crippen LogP contribution in [-0.2, 0) is 0 Å². The zero-order valence-corrected chi connectivity index (χ0v) is 9.67. The van der Waals surface area contributed by atoms with E-state index in [-0.39, 0.29) is 0 Å². The van der Waals surface area contributed by atoms with E-state index in [1.54, 1.807) is 24.4 Å². The van der Waals surface area contributed by atoms with Crippen LogP contribution in [0.2, 0.25) is 0 Å². The van der Waals surface area contributed by atoms with Gasteiger partial charge in [0.15, 0.2) is 5.82 Å². The Balaban J connectivity index is 2.23. The van der Waals surface area contributed by atoms with Gasteiger partial charge < -0.3 is 11.1 Å². The Bertz CT molecular complexity index is 611. The van der Waals surface area contributed by atoms with E-state index >= 15 is 0 Å². The summed E-state index contributed by atoms with van der Waals surface area (Å²) in [5.41, 5.74) is 8.21. The second-order valence-corrected chi connectivity index (χ2v) is 3.65. The van der Waals surface area contributed by atoms with E-state index in [1.807, 2.05) is 30.3 Å².